The van der Waals surface area contributed by atoms with Crippen LogP contribution < -0.4 is 10.3 Å². The molecule has 4 rings (SSSR count). The molecule has 156 valence electrons. The highest BCUT2D eigenvalue weighted by Crippen LogP contribution is 2.42. The van der Waals surface area contributed by atoms with Crippen molar-refractivity contribution in [1.29, 1.82) is 0 Å². The zero-order valence-electron chi connectivity index (χ0n) is 17.6. The molecule has 1 atom stereocenters. The number of nitrogens with one attached hydrogen (secondary N) is 1. The summed E-state index contributed by atoms with van der Waals surface area (Å²) in [6.07, 6.45) is 0. The summed E-state index contributed by atoms with van der Waals surface area (Å²) >= 11 is 0. The summed E-state index contributed by atoms with van der Waals surface area (Å²) in [7, 11) is 0. The Hall–Kier alpha value is -3.93. The first-order valence-corrected chi connectivity index (χ1v) is 10.0. The van der Waals surface area contributed by atoms with Crippen molar-refractivity contribution in [3.63, 3.8) is 0 Å². The summed E-state index contributed by atoms with van der Waals surface area (Å²) in [6.45, 7) is 5.80. The van der Waals surface area contributed by atoms with Crippen molar-refractivity contribution in [3.8, 4) is 5.75 Å². The van der Waals surface area contributed by atoms with Crippen LogP contribution in [0.4, 0.5) is 11.4 Å². The Morgan fingerprint density at radius 3 is 2.42 bits per heavy atom. The molecule has 6 nitrogen and oxygen atoms in total. The number of benzene rings is 3. The van der Waals surface area contributed by atoms with Crippen LogP contribution in [0.25, 0.3) is 0 Å². The molecule has 0 saturated carbocycles. The molecule has 0 fully saturated rings. The summed E-state index contributed by atoms with van der Waals surface area (Å²) in [4.78, 5) is 27.5. The van der Waals surface area contributed by atoms with Gasteiger partial charge in [0.2, 0.25) is 5.91 Å². The van der Waals surface area contributed by atoms with Crippen LogP contribution >= 0.6 is 0 Å². The van der Waals surface area contributed by atoms with Crippen molar-refractivity contribution in [2.75, 3.05) is 4.90 Å². The summed E-state index contributed by atoms with van der Waals surface area (Å²) < 4.78 is 0. The number of aromatic hydroxyl groups is 1. The Balaban J connectivity index is 1.64. The minimum atomic E-state index is -0.585. The molecule has 1 aliphatic rings. The maximum Gasteiger partial charge on any atom is 0.271 e. The molecule has 0 bridgehead atoms. The number of carbonyl (C=O) groups excluding carboxylic acids is 2. The van der Waals surface area contributed by atoms with E-state index in [0.717, 1.165) is 28.1 Å². The molecule has 1 heterocycles. The highest BCUT2D eigenvalue weighted by molar-refractivity contribution is 6.21. The van der Waals surface area contributed by atoms with E-state index in [-0.39, 0.29) is 11.7 Å². The average molecular weight is 413 g/mol. The molecule has 3 aromatic rings. The van der Waals surface area contributed by atoms with Crippen LogP contribution in [0.5, 0.6) is 5.75 Å². The first kappa shape index (κ1) is 20.3. The highest BCUT2D eigenvalue weighted by Gasteiger charge is 2.39. The van der Waals surface area contributed by atoms with Crippen LogP contribution in [-0.4, -0.2) is 22.6 Å². The Morgan fingerprint density at radius 2 is 1.71 bits per heavy atom. The van der Waals surface area contributed by atoms with Gasteiger partial charge in [0, 0.05) is 11.3 Å². The molecule has 0 saturated heterocycles. The average Bonchev–Trinajstić information content (AvgIpc) is 3.06. The molecule has 0 spiro atoms. The number of amides is 2. The van der Waals surface area contributed by atoms with Gasteiger partial charge in [0.15, 0.2) is 0 Å². The van der Waals surface area contributed by atoms with Crippen LogP contribution in [0.3, 0.4) is 0 Å². The SMILES string of the molecule is CC(=NNC(=O)c1ccc(O)cc1)C1C(=O)N(c2ccc(C)c(C)c2)c2ccccc21. The summed E-state index contributed by atoms with van der Waals surface area (Å²) in [6, 6.07) is 19.5. The molecule has 1 aliphatic heterocycles. The second-order valence-electron chi connectivity index (χ2n) is 7.68. The fraction of sp³-hybridized carbons (Fsp3) is 0.160. The third-order valence-corrected chi connectivity index (χ3v) is 5.59. The Morgan fingerprint density at radius 1 is 1.00 bits per heavy atom. The maximum absolute atomic E-state index is 13.5. The number of carbonyl (C=O) groups is 2. The predicted molar refractivity (Wildman–Crippen MR) is 121 cm³/mol. The lowest BCUT2D eigenvalue weighted by atomic mass is 9.96. The van der Waals surface area contributed by atoms with Crippen LogP contribution in [0.1, 0.15) is 39.9 Å². The maximum atomic E-state index is 13.5. The number of hydrazone groups is 1. The normalized spacial score (nSPS) is 15.7. The monoisotopic (exact) mass is 413 g/mol. The van der Waals surface area contributed by atoms with Gasteiger partial charge in [-0.2, -0.15) is 5.10 Å². The van der Waals surface area contributed by atoms with Gasteiger partial charge >= 0.3 is 0 Å². The third kappa shape index (κ3) is 3.80. The van der Waals surface area contributed by atoms with E-state index in [1.54, 1.807) is 11.8 Å². The number of aryl methyl sites for hydroxylation is 2. The van der Waals surface area contributed by atoms with Gasteiger partial charge in [0.05, 0.1) is 11.4 Å². The van der Waals surface area contributed by atoms with Crippen molar-refractivity contribution in [3.05, 3.63) is 89.0 Å². The van der Waals surface area contributed by atoms with E-state index in [4.69, 9.17) is 0 Å². The van der Waals surface area contributed by atoms with Crippen molar-refractivity contribution in [1.82, 2.24) is 5.43 Å². The first-order valence-electron chi connectivity index (χ1n) is 10.0. The predicted octanol–water partition coefficient (Wildman–Crippen LogP) is 4.58. The van der Waals surface area contributed by atoms with Gasteiger partial charge in [-0.3, -0.25) is 14.5 Å². The minimum absolute atomic E-state index is 0.0795. The zero-order chi connectivity index (χ0) is 22.1. The van der Waals surface area contributed by atoms with Crippen molar-refractivity contribution in [2.24, 2.45) is 5.10 Å². The van der Waals surface area contributed by atoms with Crippen LogP contribution in [0.15, 0.2) is 71.8 Å². The van der Waals surface area contributed by atoms with Gasteiger partial charge in [0.25, 0.3) is 5.91 Å². The smallest absolute Gasteiger partial charge is 0.271 e. The van der Waals surface area contributed by atoms with Crippen molar-refractivity contribution >= 4 is 28.9 Å². The molecule has 31 heavy (non-hydrogen) atoms. The second-order valence-corrected chi connectivity index (χ2v) is 7.68. The lowest BCUT2D eigenvalue weighted by Gasteiger charge is -2.19. The third-order valence-electron chi connectivity index (χ3n) is 5.59. The molecular formula is C25H23N3O3. The molecule has 0 aromatic heterocycles. The fourth-order valence-corrected chi connectivity index (χ4v) is 3.73. The number of hydrogen-bond acceptors (Lipinski definition) is 4. The standard InChI is InChI=1S/C25H23N3O3/c1-15-8-11-19(14-16(15)2)28-22-7-5-4-6-21(22)23(25(28)31)17(3)26-27-24(30)18-9-12-20(29)13-10-18/h4-14,23,29H,1-3H3,(H,27,30). The van der Waals surface area contributed by atoms with E-state index < -0.39 is 11.8 Å². The topological polar surface area (TPSA) is 82.0 Å². The number of rotatable bonds is 4. The van der Waals surface area contributed by atoms with E-state index in [2.05, 4.69) is 10.5 Å². The molecule has 2 N–H and O–H groups in total. The van der Waals surface area contributed by atoms with Gasteiger partial charge in [-0.15, -0.1) is 0 Å². The Bertz CT molecular complexity index is 1200. The van der Waals surface area contributed by atoms with E-state index >= 15 is 0 Å². The quantitative estimate of drug-likeness (QED) is 0.485. The molecule has 0 radical (unpaired) electrons. The number of anilines is 2. The summed E-state index contributed by atoms with van der Waals surface area (Å²) in [5, 5.41) is 13.6. The molecular weight excluding hydrogens is 390 g/mol. The van der Waals surface area contributed by atoms with Crippen LogP contribution in [0, 0.1) is 13.8 Å². The van der Waals surface area contributed by atoms with Crippen LogP contribution in [0.2, 0.25) is 0 Å². The molecule has 1 unspecified atom stereocenters. The number of nitrogens with zero attached hydrogens (tertiary/aromatic N) is 2. The van der Waals surface area contributed by atoms with Crippen LogP contribution in [-0.2, 0) is 4.79 Å². The van der Waals surface area contributed by atoms with Gasteiger partial charge in [-0.05, 0) is 79.9 Å². The fourth-order valence-electron chi connectivity index (χ4n) is 3.73. The number of phenols is 1. The number of para-hydroxylation sites is 1. The Kier molecular flexibility index (Phi) is 5.29. The number of phenolic OH excluding ortho intramolecular Hbond substituents is 1. The highest BCUT2D eigenvalue weighted by atomic mass is 16.3. The van der Waals surface area contributed by atoms with E-state index in [9.17, 15) is 14.7 Å². The molecule has 3 aromatic carbocycles. The van der Waals surface area contributed by atoms with E-state index in [0.29, 0.717) is 11.3 Å². The number of fused-ring (bicyclic) bond motifs is 1. The summed E-state index contributed by atoms with van der Waals surface area (Å²) in [5.41, 5.74) is 8.13. The van der Waals surface area contributed by atoms with Crippen molar-refractivity contribution < 1.29 is 14.7 Å². The van der Waals surface area contributed by atoms with Gasteiger partial charge < -0.3 is 5.11 Å². The van der Waals surface area contributed by atoms with Gasteiger partial charge in [-0.1, -0.05) is 24.3 Å². The van der Waals surface area contributed by atoms with Gasteiger partial charge in [0.1, 0.15) is 11.7 Å². The summed E-state index contributed by atoms with van der Waals surface area (Å²) in [5.74, 6) is -1.03. The molecule has 6 heteroatoms. The van der Waals surface area contributed by atoms with Crippen molar-refractivity contribution in [2.45, 2.75) is 26.7 Å². The largest absolute Gasteiger partial charge is 0.508 e. The Labute approximate surface area is 180 Å². The van der Waals surface area contributed by atoms with E-state index in [1.165, 1.54) is 24.3 Å². The number of hydrogen-bond donors (Lipinski definition) is 2. The first-order chi connectivity index (χ1) is 14.9. The minimum Gasteiger partial charge on any atom is -0.508 e. The molecule has 0 aliphatic carbocycles. The molecule has 2 amide bonds. The second kappa shape index (κ2) is 8.07. The van der Waals surface area contributed by atoms with E-state index in [1.807, 2.05) is 56.3 Å². The van der Waals surface area contributed by atoms with Gasteiger partial charge in [-0.25, -0.2) is 5.43 Å². The zero-order valence-corrected chi connectivity index (χ0v) is 17.6. The lowest BCUT2D eigenvalue weighted by molar-refractivity contribution is -0.117. The lowest BCUT2D eigenvalue weighted by Crippen LogP contribution is -2.29.